The van der Waals surface area contributed by atoms with Gasteiger partial charge in [0.2, 0.25) is 23.5 Å². The highest BCUT2D eigenvalue weighted by atomic mass is 16.5. The molecule has 42 heavy (non-hydrogen) atoms. The number of carbonyl (C=O) groups excluding carboxylic acids is 5. The molecule has 4 amide bonds. The molecular formula is C31H44N4O7. The van der Waals surface area contributed by atoms with Gasteiger partial charge in [-0.3, -0.25) is 24.0 Å². The van der Waals surface area contributed by atoms with Crippen molar-refractivity contribution < 1.29 is 33.4 Å². The number of ketones is 1. The topological polar surface area (TPSA) is 157 Å². The number of benzene rings is 1. The number of ether oxygens (including phenoxy) is 2. The van der Waals surface area contributed by atoms with E-state index in [1.807, 2.05) is 45.0 Å². The summed E-state index contributed by atoms with van der Waals surface area (Å²) < 4.78 is 12.4. The van der Waals surface area contributed by atoms with Crippen LogP contribution in [-0.4, -0.2) is 77.3 Å². The minimum atomic E-state index is -1.12. The second-order valence-electron chi connectivity index (χ2n) is 12.3. The maximum Gasteiger partial charge on any atom is 0.287 e. The fourth-order valence-electron chi connectivity index (χ4n) is 6.30. The summed E-state index contributed by atoms with van der Waals surface area (Å²) in [7, 11) is 0. The zero-order valence-electron chi connectivity index (χ0n) is 24.9. The van der Waals surface area contributed by atoms with Crippen LogP contribution in [0, 0.1) is 5.92 Å². The van der Waals surface area contributed by atoms with Crippen molar-refractivity contribution in [1.82, 2.24) is 15.5 Å². The maximum absolute atomic E-state index is 14.2. The summed E-state index contributed by atoms with van der Waals surface area (Å²) in [6.45, 7) is 6.25. The molecule has 0 radical (unpaired) electrons. The standard InChI is InChI=1S/C31H44N4O7/c1-4-8-23(27(37)28(32)38)33-29(39)24-17-22-18-35(24)30(40)26(20-10-5-6-11-20)34-25(36)16-19-9-7-12-21(15-19)41-14-13-31(2,3)42-22/h7,9,12,15,20,22-24,26H,4-6,8,10-11,13-14,16-18H2,1-3H3,(H2,32,38)(H,33,39)(H,34,36)/t22-,23?,24?,26+/m1/s1. The average molecular weight is 585 g/mol. The number of primary amides is 1. The fraction of sp³-hybridized carbons (Fsp3) is 0.645. The van der Waals surface area contributed by atoms with Gasteiger partial charge in [0.15, 0.2) is 0 Å². The van der Waals surface area contributed by atoms with Crippen LogP contribution in [0.5, 0.6) is 5.75 Å². The maximum atomic E-state index is 14.2. The molecule has 2 aliphatic heterocycles. The molecule has 4 N–H and O–H groups in total. The van der Waals surface area contributed by atoms with Crippen LogP contribution in [0.2, 0.25) is 0 Å². The monoisotopic (exact) mass is 584 g/mol. The molecule has 0 aromatic heterocycles. The lowest BCUT2D eigenvalue weighted by Gasteiger charge is -2.32. The molecule has 11 heteroatoms. The summed E-state index contributed by atoms with van der Waals surface area (Å²) in [6, 6.07) is 4.55. The number of nitrogens with one attached hydrogen (secondary N) is 2. The molecule has 11 nitrogen and oxygen atoms in total. The van der Waals surface area contributed by atoms with E-state index in [4.69, 9.17) is 15.2 Å². The number of carbonyl (C=O) groups is 5. The van der Waals surface area contributed by atoms with E-state index in [2.05, 4.69) is 10.6 Å². The Bertz CT molecular complexity index is 1180. The third kappa shape index (κ3) is 7.87. The van der Waals surface area contributed by atoms with Crippen LogP contribution < -0.4 is 21.1 Å². The van der Waals surface area contributed by atoms with Crippen LogP contribution in [0.1, 0.15) is 77.7 Å². The molecule has 4 bridgehead atoms. The predicted molar refractivity (Wildman–Crippen MR) is 154 cm³/mol. The molecule has 2 unspecified atom stereocenters. The van der Waals surface area contributed by atoms with Crippen molar-refractivity contribution in [2.75, 3.05) is 13.2 Å². The SMILES string of the molecule is CCCC(NC(=O)C1C[C@@H]2CN1C(=O)[C@H](C1CCCC1)NC(=O)Cc1cccc(c1)OCCC(C)(C)O2)C(=O)C(N)=O. The van der Waals surface area contributed by atoms with Gasteiger partial charge in [-0.2, -0.15) is 0 Å². The van der Waals surface area contributed by atoms with Gasteiger partial charge in [-0.25, -0.2) is 0 Å². The highest BCUT2D eigenvalue weighted by molar-refractivity contribution is 6.37. The molecule has 3 aliphatic rings. The lowest BCUT2D eigenvalue weighted by molar-refractivity contribution is -0.144. The molecule has 1 aromatic rings. The van der Waals surface area contributed by atoms with E-state index in [0.717, 1.165) is 31.2 Å². The number of Topliss-reactive ketones (excluding diaryl/α,β-unsaturated/α-hetero) is 1. The molecule has 1 aliphatic carbocycles. The Kier molecular flexibility index (Phi) is 10.2. The van der Waals surface area contributed by atoms with Crippen LogP contribution in [0.4, 0.5) is 0 Å². The van der Waals surface area contributed by atoms with Gasteiger partial charge in [-0.05, 0) is 56.7 Å². The van der Waals surface area contributed by atoms with E-state index in [9.17, 15) is 24.0 Å². The summed E-state index contributed by atoms with van der Waals surface area (Å²) in [4.78, 5) is 66.7. The predicted octanol–water partition coefficient (Wildman–Crippen LogP) is 1.79. The molecule has 1 saturated heterocycles. The number of hydrogen-bond acceptors (Lipinski definition) is 7. The Morgan fingerprint density at radius 3 is 2.62 bits per heavy atom. The molecule has 4 atom stereocenters. The Morgan fingerprint density at radius 2 is 1.93 bits per heavy atom. The third-order valence-electron chi connectivity index (χ3n) is 8.48. The zero-order chi connectivity index (χ0) is 30.4. The normalized spacial score (nSPS) is 25.8. The fourth-order valence-corrected chi connectivity index (χ4v) is 6.30. The van der Waals surface area contributed by atoms with E-state index >= 15 is 0 Å². The first kappa shape index (κ1) is 31.5. The highest BCUT2D eigenvalue weighted by Crippen LogP contribution is 2.32. The molecule has 230 valence electrons. The highest BCUT2D eigenvalue weighted by Gasteiger charge is 2.46. The molecule has 1 saturated carbocycles. The first-order valence-electron chi connectivity index (χ1n) is 15.1. The first-order valence-corrected chi connectivity index (χ1v) is 15.1. The van der Waals surface area contributed by atoms with Crippen LogP contribution >= 0.6 is 0 Å². The van der Waals surface area contributed by atoms with Crippen molar-refractivity contribution >= 4 is 29.4 Å². The van der Waals surface area contributed by atoms with Crippen molar-refractivity contribution in [2.45, 2.75) is 108 Å². The van der Waals surface area contributed by atoms with Gasteiger partial charge in [0, 0.05) is 19.4 Å². The minimum Gasteiger partial charge on any atom is -0.493 e. The molecule has 0 spiro atoms. The van der Waals surface area contributed by atoms with Crippen molar-refractivity contribution in [3.63, 3.8) is 0 Å². The number of amides is 4. The van der Waals surface area contributed by atoms with Gasteiger partial charge >= 0.3 is 0 Å². The second-order valence-corrected chi connectivity index (χ2v) is 12.3. The van der Waals surface area contributed by atoms with Crippen LogP contribution in [0.25, 0.3) is 0 Å². The number of rotatable bonds is 7. The third-order valence-corrected chi connectivity index (χ3v) is 8.48. The summed E-state index contributed by atoms with van der Waals surface area (Å²) in [6.07, 6.45) is 4.67. The smallest absolute Gasteiger partial charge is 0.287 e. The molecule has 4 rings (SSSR count). The summed E-state index contributed by atoms with van der Waals surface area (Å²) >= 11 is 0. The number of hydrogen-bond donors (Lipinski definition) is 3. The summed E-state index contributed by atoms with van der Waals surface area (Å²) in [5.74, 6) is -2.56. The van der Waals surface area contributed by atoms with Crippen LogP contribution in [0.15, 0.2) is 24.3 Å². The van der Waals surface area contributed by atoms with E-state index in [1.54, 1.807) is 0 Å². The number of nitrogens with two attached hydrogens (primary N) is 1. The molecule has 1 aromatic carbocycles. The van der Waals surface area contributed by atoms with Gasteiger partial charge in [0.05, 0.1) is 30.8 Å². The van der Waals surface area contributed by atoms with E-state index in [1.165, 1.54) is 4.90 Å². The van der Waals surface area contributed by atoms with Gasteiger partial charge in [-0.15, -0.1) is 0 Å². The van der Waals surface area contributed by atoms with Gasteiger partial charge in [0.25, 0.3) is 5.91 Å². The lowest BCUT2D eigenvalue weighted by Crippen LogP contribution is -2.57. The van der Waals surface area contributed by atoms with E-state index in [0.29, 0.717) is 25.2 Å². The molecule has 2 fully saturated rings. The van der Waals surface area contributed by atoms with Crippen molar-refractivity contribution in [2.24, 2.45) is 11.7 Å². The Hall–Kier alpha value is -3.47. The summed E-state index contributed by atoms with van der Waals surface area (Å²) in [5, 5.41) is 5.67. The second kappa shape index (κ2) is 13.7. The Balaban J connectivity index is 1.65. The molecular weight excluding hydrogens is 540 g/mol. The largest absolute Gasteiger partial charge is 0.493 e. The first-order chi connectivity index (χ1) is 20.0. The Morgan fingerprint density at radius 1 is 1.19 bits per heavy atom. The van der Waals surface area contributed by atoms with E-state index < -0.39 is 47.4 Å². The molecule has 2 heterocycles. The number of fused-ring (bicyclic) bond motifs is 4. The minimum absolute atomic E-state index is 0.0561. The van der Waals surface area contributed by atoms with E-state index in [-0.39, 0.29) is 43.5 Å². The Labute approximate surface area is 247 Å². The van der Waals surface area contributed by atoms with Crippen LogP contribution in [0.3, 0.4) is 0 Å². The van der Waals surface area contributed by atoms with Crippen molar-refractivity contribution in [1.29, 1.82) is 0 Å². The number of nitrogens with zero attached hydrogens (tertiary/aromatic N) is 1. The lowest BCUT2D eigenvalue weighted by atomic mass is 9.95. The quantitative estimate of drug-likeness (QED) is 0.413. The van der Waals surface area contributed by atoms with Crippen LogP contribution in [-0.2, 0) is 35.1 Å². The van der Waals surface area contributed by atoms with Crippen molar-refractivity contribution in [3.8, 4) is 5.75 Å². The van der Waals surface area contributed by atoms with Gasteiger partial charge < -0.3 is 30.7 Å². The van der Waals surface area contributed by atoms with Crippen molar-refractivity contribution in [3.05, 3.63) is 29.8 Å². The average Bonchev–Trinajstić information content (AvgIpc) is 3.60. The van der Waals surface area contributed by atoms with Gasteiger partial charge in [-0.1, -0.05) is 38.3 Å². The zero-order valence-corrected chi connectivity index (χ0v) is 24.9. The van der Waals surface area contributed by atoms with Gasteiger partial charge in [0.1, 0.15) is 17.8 Å². The summed E-state index contributed by atoms with van der Waals surface area (Å²) in [5.41, 5.74) is 5.38.